The number of methoxy groups -OCH3 is 2. The zero-order valence-electron chi connectivity index (χ0n) is 26.5. The summed E-state index contributed by atoms with van der Waals surface area (Å²) >= 11 is 0. The van der Waals surface area contributed by atoms with Crippen molar-refractivity contribution in [3.05, 3.63) is 58.2 Å². The lowest BCUT2D eigenvalue weighted by Crippen LogP contribution is -2.55. The molecule has 1 aliphatic rings. The van der Waals surface area contributed by atoms with E-state index in [1.165, 1.54) is 5.01 Å². The van der Waals surface area contributed by atoms with Crippen LogP contribution in [-0.2, 0) is 6.42 Å². The molecule has 2 amide bonds. The van der Waals surface area contributed by atoms with Crippen LogP contribution in [0.4, 0.5) is 0 Å². The third kappa shape index (κ3) is 6.97. The number of hydrogen-bond acceptors (Lipinski definition) is 6. The molecular weight excluding hydrogens is 520 g/mol. The van der Waals surface area contributed by atoms with Crippen molar-refractivity contribution in [2.75, 3.05) is 27.4 Å². The van der Waals surface area contributed by atoms with Crippen LogP contribution in [0.3, 0.4) is 0 Å². The first kappa shape index (κ1) is 31.8. The zero-order chi connectivity index (χ0) is 30.7. The van der Waals surface area contributed by atoms with Crippen LogP contribution < -0.4 is 24.4 Å². The van der Waals surface area contributed by atoms with Gasteiger partial charge >= 0.3 is 0 Å². The average Bonchev–Trinajstić information content (AvgIpc) is 2.92. The van der Waals surface area contributed by atoms with E-state index < -0.39 is 17.4 Å². The van der Waals surface area contributed by atoms with E-state index in [1.807, 2.05) is 34.6 Å². The molecule has 8 nitrogen and oxygen atoms in total. The quantitative estimate of drug-likeness (QED) is 0.303. The second-order valence-corrected chi connectivity index (χ2v) is 12.5. The average molecular weight is 567 g/mol. The summed E-state index contributed by atoms with van der Waals surface area (Å²) in [4.78, 5) is 28.4. The molecule has 0 aliphatic carbocycles. The fourth-order valence-electron chi connectivity index (χ4n) is 4.70. The van der Waals surface area contributed by atoms with Crippen LogP contribution in [0.5, 0.6) is 23.0 Å². The molecule has 3 rings (SSSR count). The van der Waals surface area contributed by atoms with Crippen LogP contribution >= 0.6 is 0 Å². The third-order valence-electron chi connectivity index (χ3n) is 7.61. The second-order valence-electron chi connectivity index (χ2n) is 12.5. The summed E-state index contributed by atoms with van der Waals surface area (Å²) in [7, 11) is 3.11. The number of hydrazine groups is 1. The van der Waals surface area contributed by atoms with Gasteiger partial charge in [0.1, 0.15) is 24.7 Å². The van der Waals surface area contributed by atoms with Gasteiger partial charge in [0.15, 0.2) is 11.5 Å². The number of nitrogens with zero attached hydrogens (tertiary/aromatic N) is 1. The Kier molecular flexibility index (Phi) is 9.67. The van der Waals surface area contributed by atoms with Crippen molar-refractivity contribution >= 4 is 11.8 Å². The highest BCUT2D eigenvalue weighted by molar-refractivity contribution is 6.01. The SMILES string of the molecule is CCc1c(C(=O)NN(C(=O)c2cc(OC)c(C)c(OC)c2)C(/C=C(\C)C(C)(C)C)C(C)(C)C)ccc2c1OCCO2. The molecule has 0 saturated carbocycles. The van der Waals surface area contributed by atoms with Crippen molar-refractivity contribution in [3.63, 3.8) is 0 Å². The van der Waals surface area contributed by atoms with Crippen LogP contribution in [0.15, 0.2) is 35.9 Å². The minimum Gasteiger partial charge on any atom is -0.496 e. The number of hydrogen-bond donors (Lipinski definition) is 1. The molecule has 8 heteroatoms. The number of rotatable bonds is 7. The summed E-state index contributed by atoms with van der Waals surface area (Å²) in [5.74, 6) is 1.44. The Balaban J connectivity index is 2.19. The van der Waals surface area contributed by atoms with Gasteiger partial charge < -0.3 is 18.9 Å². The first-order valence-electron chi connectivity index (χ1n) is 14.1. The highest BCUT2D eigenvalue weighted by Gasteiger charge is 2.36. The Morgan fingerprint density at radius 2 is 1.61 bits per heavy atom. The molecule has 0 fully saturated rings. The monoisotopic (exact) mass is 566 g/mol. The van der Waals surface area contributed by atoms with Crippen LogP contribution in [0.25, 0.3) is 0 Å². The lowest BCUT2D eigenvalue weighted by molar-refractivity contribution is 0.0389. The summed E-state index contributed by atoms with van der Waals surface area (Å²) in [6.07, 6.45) is 2.63. The van der Waals surface area contributed by atoms with Crippen molar-refractivity contribution in [1.82, 2.24) is 10.4 Å². The summed E-state index contributed by atoms with van der Waals surface area (Å²) < 4.78 is 22.7. The Morgan fingerprint density at radius 3 is 2.12 bits per heavy atom. The molecule has 2 aromatic carbocycles. The number of benzene rings is 2. The molecule has 41 heavy (non-hydrogen) atoms. The zero-order valence-corrected chi connectivity index (χ0v) is 26.5. The lowest BCUT2D eigenvalue weighted by Gasteiger charge is -2.39. The molecule has 1 unspecified atom stereocenters. The number of carbonyl (C=O) groups is 2. The van der Waals surface area contributed by atoms with Crippen molar-refractivity contribution in [2.24, 2.45) is 10.8 Å². The van der Waals surface area contributed by atoms with E-state index in [4.69, 9.17) is 18.9 Å². The number of carbonyl (C=O) groups excluding carboxylic acids is 2. The smallest absolute Gasteiger partial charge is 0.273 e. The topological polar surface area (TPSA) is 86.3 Å². The van der Waals surface area contributed by atoms with Gasteiger partial charge in [0.25, 0.3) is 11.8 Å². The minimum atomic E-state index is -0.487. The molecule has 0 saturated heterocycles. The number of fused-ring (bicyclic) bond motifs is 1. The van der Waals surface area contributed by atoms with E-state index in [0.29, 0.717) is 53.8 Å². The van der Waals surface area contributed by atoms with Gasteiger partial charge in [-0.3, -0.25) is 15.0 Å². The number of nitrogens with one attached hydrogen (secondary N) is 1. The fourth-order valence-corrected chi connectivity index (χ4v) is 4.70. The molecule has 0 spiro atoms. The van der Waals surface area contributed by atoms with E-state index in [-0.39, 0.29) is 11.3 Å². The second kappa shape index (κ2) is 12.5. The summed E-state index contributed by atoms with van der Waals surface area (Å²) in [5.41, 5.74) is 5.79. The molecular formula is C33H46N2O6. The van der Waals surface area contributed by atoms with Crippen LogP contribution in [0.2, 0.25) is 0 Å². The molecule has 1 N–H and O–H groups in total. The number of ether oxygens (including phenoxy) is 4. The van der Waals surface area contributed by atoms with Gasteiger partial charge in [0, 0.05) is 22.3 Å². The van der Waals surface area contributed by atoms with E-state index >= 15 is 0 Å². The van der Waals surface area contributed by atoms with Gasteiger partial charge in [-0.15, -0.1) is 0 Å². The van der Waals surface area contributed by atoms with E-state index in [0.717, 1.165) is 16.7 Å². The van der Waals surface area contributed by atoms with Gasteiger partial charge in [-0.2, -0.15) is 0 Å². The first-order chi connectivity index (χ1) is 19.1. The maximum Gasteiger partial charge on any atom is 0.273 e. The summed E-state index contributed by atoms with van der Waals surface area (Å²) in [6, 6.07) is 6.35. The van der Waals surface area contributed by atoms with Crippen LogP contribution in [-0.4, -0.2) is 50.3 Å². The molecule has 1 atom stereocenters. The van der Waals surface area contributed by atoms with E-state index in [1.54, 1.807) is 38.5 Å². The minimum absolute atomic E-state index is 0.135. The largest absolute Gasteiger partial charge is 0.496 e. The normalized spacial score (nSPS) is 14.3. The Labute approximate surface area is 245 Å². The summed E-state index contributed by atoms with van der Waals surface area (Å²) in [6.45, 7) is 19.3. The maximum absolute atomic E-state index is 14.4. The van der Waals surface area contributed by atoms with Gasteiger partial charge in [-0.25, -0.2) is 5.01 Å². The standard InChI is InChI=1S/C33H46N2O6/c1-12-23-24(13-14-25-29(23)41-16-15-40-25)30(36)34-35(28(33(7,8)9)17-20(2)32(4,5)6)31(37)22-18-26(38-10)21(3)27(19-22)39-11/h13-14,17-19,28H,12,15-16H2,1-11H3,(H,34,36)/b20-17+. The first-order valence-corrected chi connectivity index (χ1v) is 14.1. The van der Waals surface area contributed by atoms with E-state index in [9.17, 15) is 9.59 Å². The molecule has 2 aromatic rings. The third-order valence-corrected chi connectivity index (χ3v) is 7.61. The molecule has 224 valence electrons. The predicted octanol–water partition coefficient (Wildman–Crippen LogP) is 6.54. The molecule has 1 heterocycles. The summed E-state index contributed by atoms with van der Waals surface area (Å²) in [5, 5.41) is 1.44. The Morgan fingerprint density at radius 1 is 1.02 bits per heavy atom. The highest BCUT2D eigenvalue weighted by atomic mass is 16.6. The maximum atomic E-state index is 14.4. The van der Waals surface area contributed by atoms with Crippen molar-refractivity contribution in [3.8, 4) is 23.0 Å². The van der Waals surface area contributed by atoms with Gasteiger partial charge in [-0.05, 0) is 55.4 Å². The molecule has 0 aromatic heterocycles. The van der Waals surface area contributed by atoms with Gasteiger partial charge in [-0.1, -0.05) is 60.1 Å². The van der Waals surface area contributed by atoms with Crippen LogP contribution in [0.1, 0.15) is 87.2 Å². The van der Waals surface area contributed by atoms with Gasteiger partial charge in [0.2, 0.25) is 0 Å². The fraction of sp³-hybridized carbons (Fsp3) is 0.515. The van der Waals surface area contributed by atoms with Crippen molar-refractivity contribution in [1.29, 1.82) is 0 Å². The number of allylic oxidation sites excluding steroid dienone is 1. The molecule has 1 aliphatic heterocycles. The van der Waals surface area contributed by atoms with Crippen molar-refractivity contribution < 1.29 is 28.5 Å². The van der Waals surface area contributed by atoms with Gasteiger partial charge in [0.05, 0.1) is 20.3 Å². The number of amides is 2. The highest BCUT2D eigenvalue weighted by Crippen LogP contribution is 2.37. The Bertz CT molecular complexity index is 1290. The predicted molar refractivity (Wildman–Crippen MR) is 161 cm³/mol. The molecule has 0 radical (unpaired) electrons. The molecule has 0 bridgehead atoms. The lowest BCUT2D eigenvalue weighted by atomic mass is 9.80. The van der Waals surface area contributed by atoms with Crippen molar-refractivity contribution in [2.45, 2.75) is 74.8 Å². The Hall–Kier alpha value is -3.68. The van der Waals surface area contributed by atoms with Crippen LogP contribution in [0, 0.1) is 17.8 Å². The van der Waals surface area contributed by atoms with E-state index in [2.05, 4.69) is 39.2 Å².